The molecule has 0 bridgehead atoms. The average molecular weight is 278 g/mol. The molecule has 1 aliphatic rings. The summed E-state index contributed by atoms with van der Waals surface area (Å²) in [5.74, 6) is -1.04. The number of aryl methyl sites for hydroxylation is 1. The van der Waals surface area contributed by atoms with Gasteiger partial charge in [-0.2, -0.15) is 0 Å². The van der Waals surface area contributed by atoms with Crippen molar-refractivity contribution in [3.05, 3.63) is 29.3 Å². The summed E-state index contributed by atoms with van der Waals surface area (Å²) in [7, 11) is 0. The Kier molecular flexibility index (Phi) is 4.57. The topological polar surface area (TPSA) is 78.9 Å². The molecule has 1 heterocycles. The summed E-state index contributed by atoms with van der Waals surface area (Å²) < 4.78 is 5.29. The largest absolute Gasteiger partial charge is 0.478 e. The third-order valence-electron chi connectivity index (χ3n) is 3.24. The number of carboxylic acids is 1. The Labute approximate surface area is 117 Å². The quantitative estimate of drug-likeness (QED) is 0.866. The van der Waals surface area contributed by atoms with E-state index in [9.17, 15) is 14.7 Å². The number of aromatic carboxylic acids is 1. The van der Waals surface area contributed by atoms with E-state index in [0.717, 1.165) is 6.42 Å². The summed E-state index contributed by atoms with van der Waals surface area (Å²) in [5, 5.41) is 11.9. The molecule has 2 rings (SSSR count). The highest BCUT2D eigenvalue weighted by atomic mass is 16.5. The molecule has 1 aliphatic heterocycles. The summed E-state index contributed by atoms with van der Waals surface area (Å²) >= 11 is 0. The molecule has 1 aromatic rings. The van der Waals surface area contributed by atoms with Gasteiger partial charge >= 0.3 is 12.0 Å². The zero-order valence-electron chi connectivity index (χ0n) is 11.4. The standard InChI is InChI=1S/C14H18N2O4/c1-10-4-2-5-11(12(10)13(17)18)15-14(19)16-6-3-8-20-9-7-16/h2,4-5H,3,6-9H2,1H3,(H,15,19)(H,17,18). The van der Waals surface area contributed by atoms with Gasteiger partial charge in [-0.05, 0) is 25.0 Å². The molecule has 1 aromatic carbocycles. The van der Waals surface area contributed by atoms with Crippen molar-refractivity contribution in [1.82, 2.24) is 4.90 Å². The number of carbonyl (C=O) groups excluding carboxylic acids is 1. The number of amides is 2. The molecule has 1 fully saturated rings. The number of hydrogen-bond acceptors (Lipinski definition) is 3. The molecule has 1 saturated heterocycles. The van der Waals surface area contributed by atoms with E-state index in [2.05, 4.69) is 5.32 Å². The van der Waals surface area contributed by atoms with Crippen molar-refractivity contribution < 1.29 is 19.4 Å². The van der Waals surface area contributed by atoms with Gasteiger partial charge in [-0.15, -0.1) is 0 Å². The lowest BCUT2D eigenvalue weighted by atomic mass is 10.1. The number of nitrogens with one attached hydrogen (secondary N) is 1. The van der Waals surface area contributed by atoms with E-state index < -0.39 is 5.97 Å². The molecular formula is C14H18N2O4. The molecule has 20 heavy (non-hydrogen) atoms. The summed E-state index contributed by atoms with van der Waals surface area (Å²) in [6.45, 7) is 3.99. The van der Waals surface area contributed by atoms with Crippen LogP contribution >= 0.6 is 0 Å². The molecule has 0 aliphatic carbocycles. The number of hydrogen-bond donors (Lipinski definition) is 2. The van der Waals surface area contributed by atoms with Crippen LogP contribution in [0, 0.1) is 6.92 Å². The molecule has 0 atom stereocenters. The second-order valence-electron chi connectivity index (χ2n) is 4.69. The number of benzene rings is 1. The van der Waals surface area contributed by atoms with Gasteiger partial charge in [0.1, 0.15) is 0 Å². The minimum atomic E-state index is -1.04. The first-order chi connectivity index (χ1) is 9.59. The summed E-state index contributed by atoms with van der Waals surface area (Å²) in [4.78, 5) is 25.1. The van der Waals surface area contributed by atoms with Gasteiger partial charge in [-0.25, -0.2) is 9.59 Å². The van der Waals surface area contributed by atoms with Crippen LogP contribution in [-0.4, -0.2) is 48.3 Å². The predicted octanol–water partition coefficient (Wildman–Crippen LogP) is 1.95. The molecule has 108 valence electrons. The number of ether oxygens (including phenoxy) is 1. The number of urea groups is 1. The second-order valence-corrected chi connectivity index (χ2v) is 4.69. The van der Waals surface area contributed by atoms with E-state index in [4.69, 9.17) is 4.74 Å². The predicted molar refractivity (Wildman–Crippen MR) is 74.2 cm³/mol. The van der Waals surface area contributed by atoms with Gasteiger partial charge in [-0.1, -0.05) is 12.1 Å². The molecule has 0 saturated carbocycles. The smallest absolute Gasteiger partial charge is 0.338 e. The Hall–Kier alpha value is -2.08. The van der Waals surface area contributed by atoms with E-state index in [1.54, 1.807) is 30.0 Å². The molecule has 6 nitrogen and oxygen atoms in total. The monoisotopic (exact) mass is 278 g/mol. The highest BCUT2D eigenvalue weighted by Gasteiger charge is 2.19. The van der Waals surface area contributed by atoms with Crippen LogP contribution in [0.15, 0.2) is 18.2 Å². The molecule has 0 aromatic heterocycles. The number of rotatable bonds is 2. The van der Waals surface area contributed by atoms with Crippen LogP contribution < -0.4 is 5.32 Å². The number of anilines is 1. The fraction of sp³-hybridized carbons (Fsp3) is 0.429. The first-order valence-corrected chi connectivity index (χ1v) is 6.56. The highest BCUT2D eigenvalue weighted by molar-refractivity contribution is 6.01. The number of carbonyl (C=O) groups is 2. The third-order valence-corrected chi connectivity index (χ3v) is 3.24. The van der Waals surface area contributed by atoms with Gasteiger partial charge < -0.3 is 20.1 Å². The highest BCUT2D eigenvalue weighted by Crippen LogP contribution is 2.20. The SMILES string of the molecule is Cc1cccc(NC(=O)N2CCCOCC2)c1C(=O)O. The van der Waals surface area contributed by atoms with E-state index in [1.165, 1.54) is 0 Å². The third kappa shape index (κ3) is 3.27. The first kappa shape index (κ1) is 14.3. The van der Waals surface area contributed by atoms with E-state index in [1.807, 2.05) is 0 Å². The van der Waals surface area contributed by atoms with Crippen molar-refractivity contribution in [2.45, 2.75) is 13.3 Å². The first-order valence-electron chi connectivity index (χ1n) is 6.56. The van der Waals surface area contributed by atoms with Crippen LogP contribution in [0.5, 0.6) is 0 Å². The van der Waals surface area contributed by atoms with Crippen LogP contribution in [0.2, 0.25) is 0 Å². The van der Waals surface area contributed by atoms with Crippen molar-refractivity contribution in [1.29, 1.82) is 0 Å². The molecule has 0 unspecified atom stereocenters. The maximum absolute atomic E-state index is 12.2. The Morgan fingerprint density at radius 2 is 2.10 bits per heavy atom. The van der Waals surface area contributed by atoms with Gasteiger partial charge in [0.15, 0.2) is 0 Å². The van der Waals surface area contributed by atoms with E-state index >= 15 is 0 Å². The fourth-order valence-corrected chi connectivity index (χ4v) is 2.20. The molecular weight excluding hydrogens is 260 g/mol. The lowest BCUT2D eigenvalue weighted by molar-refractivity contribution is 0.0697. The Morgan fingerprint density at radius 3 is 2.85 bits per heavy atom. The normalized spacial score (nSPS) is 15.6. The van der Waals surface area contributed by atoms with Crippen LogP contribution in [-0.2, 0) is 4.74 Å². The molecule has 2 amide bonds. The molecule has 2 N–H and O–H groups in total. The minimum absolute atomic E-state index is 0.131. The number of nitrogens with zero attached hydrogens (tertiary/aromatic N) is 1. The van der Waals surface area contributed by atoms with Gasteiger partial charge in [0.05, 0.1) is 17.9 Å². The number of carboxylic acid groups (broad SMARTS) is 1. The van der Waals surface area contributed by atoms with Gasteiger partial charge in [0, 0.05) is 19.7 Å². The van der Waals surface area contributed by atoms with E-state index in [-0.39, 0.29) is 11.6 Å². The van der Waals surface area contributed by atoms with Crippen LogP contribution in [0.4, 0.5) is 10.5 Å². The summed E-state index contributed by atoms with van der Waals surface area (Å²) in [5.41, 5.74) is 1.08. The molecule has 0 spiro atoms. The van der Waals surface area contributed by atoms with Gasteiger partial charge in [0.2, 0.25) is 0 Å². The van der Waals surface area contributed by atoms with Crippen molar-refractivity contribution in [2.24, 2.45) is 0 Å². The Bertz CT molecular complexity index is 508. The zero-order chi connectivity index (χ0) is 14.5. The molecule has 6 heteroatoms. The van der Waals surface area contributed by atoms with Gasteiger partial charge in [-0.3, -0.25) is 0 Å². The molecule has 0 radical (unpaired) electrons. The van der Waals surface area contributed by atoms with Crippen molar-refractivity contribution in [2.75, 3.05) is 31.6 Å². The second kappa shape index (κ2) is 6.38. The zero-order valence-corrected chi connectivity index (χ0v) is 11.4. The van der Waals surface area contributed by atoms with Crippen LogP contribution in [0.1, 0.15) is 22.3 Å². The Morgan fingerprint density at radius 1 is 1.30 bits per heavy atom. The fourth-order valence-electron chi connectivity index (χ4n) is 2.20. The summed E-state index contributed by atoms with van der Waals surface area (Å²) in [6, 6.07) is 4.74. The van der Waals surface area contributed by atoms with Crippen LogP contribution in [0.3, 0.4) is 0 Å². The summed E-state index contributed by atoms with van der Waals surface area (Å²) in [6.07, 6.45) is 0.785. The minimum Gasteiger partial charge on any atom is -0.478 e. The van der Waals surface area contributed by atoms with Crippen molar-refractivity contribution in [3.8, 4) is 0 Å². The van der Waals surface area contributed by atoms with Crippen molar-refractivity contribution in [3.63, 3.8) is 0 Å². The van der Waals surface area contributed by atoms with Gasteiger partial charge in [0.25, 0.3) is 0 Å². The van der Waals surface area contributed by atoms with E-state index in [0.29, 0.717) is 37.6 Å². The lowest BCUT2D eigenvalue weighted by Crippen LogP contribution is -2.37. The van der Waals surface area contributed by atoms with Crippen molar-refractivity contribution >= 4 is 17.7 Å². The Balaban J connectivity index is 2.15. The average Bonchev–Trinajstić information content (AvgIpc) is 2.67. The maximum atomic E-state index is 12.2. The maximum Gasteiger partial charge on any atom is 0.338 e. The van der Waals surface area contributed by atoms with Crippen LogP contribution in [0.25, 0.3) is 0 Å². The lowest BCUT2D eigenvalue weighted by Gasteiger charge is -2.21.